The molecule has 0 bridgehead atoms. The summed E-state index contributed by atoms with van der Waals surface area (Å²) in [6.45, 7) is 0.253. The first-order chi connectivity index (χ1) is 9.83. The SMILES string of the molecule is CN=C(NCCC(F)(F)F)NCC(c1ccco1)N(C)C. The lowest BCUT2D eigenvalue weighted by molar-refractivity contribution is -0.132. The van der Waals surface area contributed by atoms with Gasteiger partial charge in [0.1, 0.15) is 5.76 Å². The molecule has 1 rings (SSSR count). The Labute approximate surface area is 122 Å². The van der Waals surface area contributed by atoms with Crippen molar-refractivity contribution in [1.82, 2.24) is 15.5 Å². The second kappa shape index (κ2) is 7.92. The number of hydrogen-bond donors (Lipinski definition) is 2. The second-order valence-electron chi connectivity index (χ2n) is 4.74. The molecule has 1 aromatic heterocycles. The third kappa shape index (κ3) is 6.52. The summed E-state index contributed by atoms with van der Waals surface area (Å²) in [6, 6.07) is 3.61. The summed E-state index contributed by atoms with van der Waals surface area (Å²) in [5.41, 5.74) is 0. The van der Waals surface area contributed by atoms with Gasteiger partial charge in [-0.15, -0.1) is 0 Å². The van der Waals surface area contributed by atoms with Crippen molar-refractivity contribution < 1.29 is 17.6 Å². The van der Waals surface area contributed by atoms with Gasteiger partial charge in [-0.1, -0.05) is 0 Å². The van der Waals surface area contributed by atoms with Crippen LogP contribution < -0.4 is 10.6 Å². The van der Waals surface area contributed by atoms with Crippen LogP contribution in [0, 0.1) is 0 Å². The number of furan rings is 1. The summed E-state index contributed by atoms with van der Waals surface area (Å²) in [7, 11) is 5.31. The van der Waals surface area contributed by atoms with Crippen molar-refractivity contribution in [1.29, 1.82) is 0 Å². The maximum absolute atomic E-state index is 12.1. The molecule has 0 fully saturated rings. The first-order valence-electron chi connectivity index (χ1n) is 6.54. The van der Waals surface area contributed by atoms with Crippen LogP contribution in [0.2, 0.25) is 0 Å². The van der Waals surface area contributed by atoms with Gasteiger partial charge in [0.15, 0.2) is 5.96 Å². The predicted molar refractivity (Wildman–Crippen MR) is 75.2 cm³/mol. The minimum absolute atomic E-state index is 0.0406. The quantitative estimate of drug-likeness (QED) is 0.623. The lowest BCUT2D eigenvalue weighted by Gasteiger charge is -2.23. The third-order valence-electron chi connectivity index (χ3n) is 2.88. The number of guanidine groups is 1. The van der Waals surface area contributed by atoms with E-state index in [-0.39, 0.29) is 12.6 Å². The molecule has 5 nitrogen and oxygen atoms in total. The van der Waals surface area contributed by atoms with Gasteiger partial charge >= 0.3 is 6.18 Å². The summed E-state index contributed by atoms with van der Waals surface area (Å²) in [4.78, 5) is 5.85. The van der Waals surface area contributed by atoms with E-state index >= 15 is 0 Å². The van der Waals surface area contributed by atoms with Gasteiger partial charge in [0.05, 0.1) is 18.7 Å². The van der Waals surface area contributed by atoms with Crippen molar-refractivity contribution in [3.8, 4) is 0 Å². The molecule has 1 aromatic rings. The smallest absolute Gasteiger partial charge is 0.390 e. The lowest BCUT2D eigenvalue weighted by Crippen LogP contribution is -2.42. The van der Waals surface area contributed by atoms with Gasteiger partial charge in [0.2, 0.25) is 0 Å². The largest absolute Gasteiger partial charge is 0.468 e. The standard InChI is InChI=1S/C13H21F3N4O/c1-17-12(18-7-6-13(14,15)16)19-9-10(20(2)3)11-5-4-8-21-11/h4-5,8,10H,6-7,9H2,1-3H3,(H2,17,18,19). The van der Waals surface area contributed by atoms with Gasteiger partial charge in [-0.3, -0.25) is 9.89 Å². The Morgan fingerprint density at radius 2 is 2.10 bits per heavy atom. The number of aliphatic imine (C=N–C) groups is 1. The molecular formula is C13H21F3N4O. The van der Waals surface area contributed by atoms with E-state index < -0.39 is 12.6 Å². The van der Waals surface area contributed by atoms with Crippen LogP contribution in [0.1, 0.15) is 18.2 Å². The number of hydrogen-bond acceptors (Lipinski definition) is 3. The zero-order chi connectivity index (χ0) is 15.9. The Hall–Kier alpha value is -1.70. The molecule has 0 aromatic carbocycles. The molecule has 0 aliphatic heterocycles. The number of halogens is 3. The Morgan fingerprint density at radius 1 is 1.38 bits per heavy atom. The second-order valence-corrected chi connectivity index (χ2v) is 4.74. The molecule has 0 spiro atoms. The molecule has 120 valence electrons. The molecule has 0 saturated heterocycles. The Morgan fingerprint density at radius 3 is 2.57 bits per heavy atom. The van der Waals surface area contributed by atoms with Gasteiger partial charge in [-0.25, -0.2) is 0 Å². The Kier molecular flexibility index (Phi) is 6.54. The molecule has 2 N–H and O–H groups in total. The molecule has 1 heterocycles. The average Bonchev–Trinajstić information content (AvgIpc) is 2.88. The van der Waals surface area contributed by atoms with Gasteiger partial charge < -0.3 is 15.1 Å². The molecule has 0 saturated carbocycles. The predicted octanol–water partition coefficient (Wildman–Crippen LogP) is 2.00. The zero-order valence-electron chi connectivity index (χ0n) is 12.4. The molecule has 8 heteroatoms. The highest BCUT2D eigenvalue weighted by Crippen LogP contribution is 2.18. The van der Waals surface area contributed by atoms with Crippen LogP contribution in [0.3, 0.4) is 0 Å². The van der Waals surface area contributed by atoms with Crippen LogP contribution in [0.25, 0.3) is 0 Å². The molecular weight excluding hydrogens is 285 g/mol. The van der Waals surface area contributed by atoms with E-state index in [0.29, 0.717) is 12.5 Å². The van der Waals surface area contributed by atoms with E-state index in [1.807, 2.05) is 25.1 Å². The molecule has 0 radical (unpaired) electrons. The highest BCUT2D eigenvalue weighted by molar-refractivity contribution is 5.79. The van der Waals surface area contributed by atoms with Crippen LogP contribution in [0.15, 0.2) is 27.8 Å². The highest BCUT2D eigenvalue weighted by atomic mass is 19.4. The number of alkyl halides is 3. The molecule has 1 unspecified atom stereocenters. The fraction of sp³-hybridized carbons (Fsp3) is 0.615. The van der Waals surface area contributed by atoms with E-state index in [9.17, 15) is 13.2 Å². The van der Waals surface area contributed by atoms with E-state index in [2.05, 4.69) is 15.6 Å². The zero-order valence-corrected chi connectivity index (χ0v) is 12.4. The van der Waals surface area contributed by atoms with E-state index in [0.717, 1.165) is 5.76 Å². The van der Waals surface area contributed by atoms with E-state index in [1.54, 1.807) is 12.3 Å². The maximum atomic E-state index is 12.1. The van der Waals surface area contributed by atoms with Gasteiger partial charge in [-0.05, 0) is 26.2 Å². The van der Waals surface area contributed by atoms with Gasteiger partial charge in [0, 0.05) is 20.1 Å². The first-order valence-corrected chi connectivity index (χ1v) is 6.54. The summed E-state index contributed by atoms with van der Waals surface area (Å²) < 4.78 is 41.6. The van der Waals surface area contributed by atoms with E-state index in [4.69, 9.17) is 4.42 Å². The summed E-state index contributed by atoms with van der Waals surface area (Å²) in [5.74, 6) is 1.11. The minimum Gasteiger partial charge on any atom is -0.468 e. The van der Waals surface area contributed by atoms with Crippen molar-refractivity contribution in [2.24, 2.45) is 4.99 Å². The third-order valence-corrected chi connectivity index (χ3v) is 2.88. The number of rotatable bonds is 6. The summed E-state index contributed by atoms with van der Waals surface area (Å²) in [6.07, 6.45) is -3.49. The number of nitrogens with one attached hydrogen (secondary N) is 2. The number of nitrogens with zero attached hydrogens (tertiary/aromatic N) is 2. The molecule has 0 amide bonds. The Bertz CT molecular complexity index is 429. The van der Waals surface area contributed by atoms with Crippen molar-refractivity contribution in [3.05, 3.63) is 24.2 Å². The maximum Gasteiger partial charge on any atom is 0.390 e. The molecule has 1 atom stereocenters. The molecule has 0 aliphatic carbocycles. The van der Waals surface area contributed by atoms with Crippen molar-refractivity contribution in [2.45, 2.75) is 18.6 Å². The van der Waals surface area contributed by atoms with Crippen molar-refractivity contribution in [3.63, 3.8) is 0 Å². The van der Waals surface area contributed by atoms with Crippen molar-refractivity contribution >= 4 is 5.96 Å². The van der Waals surface area contributed by atoms with Crippen molar-refractivity contribution in [2.75, 3.05) is 34.2 Å². The monoisotopic (exact) mass is 306 g/mol. The topological polar surface area (TPSA) is 52.8 Å². The van der Waals surface area contributed by atoms with E-state index in [1.165, 1.54) is 7.05 Å². The fourth-order valence-electron chi connectivity index (χ4n) is 1.76. The summed E-state index contributed by atoms with van der Waals surface area (Å²) >= 11 is 0. The summed E-state index contributed by atoms with van der Waals surface area (Å²) in [5, 5.41) is 5.63. The van der Waals surface area contributed by atoms with Crippen LogP contribution in [-0.4, -0.2) is 51.3 Å². The van der Waals surface area contributed by atoms with Gasteiger partial charge in [0.25, 0.3) is 0 Å². The average molecular weight is 306 g/mol. The number of likely N-dealkylation sites (N-methyl/N-ethyl adjacent to an activating group) is 1. The van der Waals surface area contributed by atoms with Crippen LogP contribution >= 0.6 is 0 Å². The van der Waals surface area contributed by atoms with Crippen LogP contribution in [0.5, 0.6) is 0 Å². The highest BCUT2D eigenvalue weighted by Gasteiger charge is 2.26. The fourth-order valence-corrected chi connectivity index (χ4v) is 1.76. The molecule has 0 aliphatic rings. The minimum atomic E-state index is -4.17. The van der Waals surface area contributed by atoms with Gasteiger partial charge in [-0.2, -0.15) is 13.2 Å². The molecule has 21 heavy (non-hydrogen) atoms. The lowest BCUT2D eigenvalue weighted by atomic mass is 10.2. The first kappa shape index (κ1) is 17.4. The Balaban J connectivity index is 2.46. The normalized spacial score (nSPS) is 14.3. The van der Waals surface area contributed by atoms with Crippen LogP contribution in [0.4, 0.5) is 13.2 Å². The van der Waals surface area contributed by atoms with Crippen LogP contribution in [-0.2, 0) is 0 Å².